The topological polar surface area (TPSA) is 63.3 Å². The minimum Gasteiger partial charge on any atom is -0.497 e. The van der Waals surface area contributed by atoms with Gasteiger partial charge in [-0.1, -0.05) is 0 Å². The molecule has 3 rings (SSSR count). The molecule has 1 heterocycles. The number of carbonyl (C=O) groups excluding carboxylic acids is 1. The first-order valence-corrected chi connectivity index (χ1v) is 7.34. The number of anilines is 1. The zero-order chi connectivity index (χ0) is 17.3. The van der Waals surface area contributed by atoms with E-state index in [0.29, 0.717) is 28.4 Å². The first-order chi connectivity index (χ1) is 11.5. The van der Waals surface area contributed by atoms with Crippen LogP contribution in [-0.4, -0.2) is 25.1 Å². The highest BCUT2D eigenvalue weighted by molar-refractivity contribution is 6.08. The number of H-pyrrole nitrogens is 1. The summed E-state index contributed by atoms with van der Waals surface area (Å²) in [4.78, 5) is 15.6. The molecular weight excluding hydrogens is 311 g/mol. The van der Waals surface area contributed by atoms with Gasteiger partial charge in [-0.2, -0.15) is 0 Å². The number of carbonyl (C=O) groups is 1. The van der Waals surface area contributed by atoms with E-state index in [-0.39, 0.29) is 11.7 Å². The summed E-state index contributed by atoms with van der Waals surface area (Å²) in [6.07, 6.45) is 0. The van der Waals surface area contributed by atoms with E-state index in [2.05, 4.69) is 10.3 Å². The van der Waals surface area contributed by atoms with Crippen molar-refractivity contribution in [2.45, 2.75) is 6.92 Å². The lowest BCUT2D eigenvalue weighted by Gasteiger charge is -2.11. The quantitative estimate of drug-likeness (QED) is 0.764. The molecule has 0 radical (unpaired) electrons. The summed E-state index contributed by atoms with van der Waals surface area (Å²) in [6.45, 7) is 1.82. The molecule has 0 spiro atoms. The second-order valence-electron chi connectivity index (χ2n) is 5.34. The fourth-order valence-corrected chi connectivity index (χ4v) is 2.62. The Morgan fingerprint density at radius 1 is 1.12 bits per heavy atom. The molecule has 2 aromatic carbocycles. The van der Waals surface area contributed by atoms with Crippen LogP contribution in [0.3, 0.4) is 0 Å². The number of aromatic nitrogens is 1. The molecule has 2 N–H and O–H groups in total. The molecule has 0 aliphatic heterocycles. The highest BCUT2D eigenvalue weighted by Crippen LogP contribution is 2.30. The molecule has 24 heavy (non-hydrogen) atoms. The van der Waals surface area contributed by atoms with Crippen LogP contribution in [0.2, 0.25) is 0 Å². The van der Waals surface area contributed by atoms with E-state index in [0.717, 1.165) is 10.9 Å². The Morgan fingerprint density at radius 3 is 2.62 bits per heavy atom. The van der Waals surface area contributed by atoms with Crippen molar-refractivity contribution in [2.24, 2.45) is 0 Å². The fraction of sp³-hybridized carbons (Fsp3) is 0.167. The highest BCUT2D eigenvalue weighted by atomic mass is 19.1. The number of aryl methyl sites for hydroxylation is 1. The maximum Gasteiger partial charge on any atom is 0.272 e. The zero-order valence-electron chi connectivity index (χ0n) is 13.6. The number of benzene rings is 2. The molecular formula is C18H17FN2O3. The second-order valence-corrected chi connectivity index (χ2v) is 5.34. The molecule has 0 unspecified atom stereocenters. The summed E-state index contributed by atoms with van der Waals surface area (Å²) in [7, 11) is 3.07. The third kappa shape index (κ3) is 2.78. The van der Waals surface area contributed by atoms with Crippen molar-refractivity contribution in [3.63, 3.8) is 0 Å². The molecule has 0 aliphatic carbocycles. The number of methoxy groups -OCH3 is 2. The van der Waals surface area contributed by atoms with E-state index in [1.165, 1.54) is 19.2 Å². The predicted octanol–water partition coefficient (Wildman–Crippen LogP) is 3.88. The molecule has 0 bridgehead atoms. The SMILES string of the molecule is COc1ccc(NC(=O)c2[nH]c3cc(F)ccc3c2C)c(OC)c1. The standard InChI is InChI=1S/C18H17FN2O3/c1-10-13-6-4-11(19)8-15(13)20-17(10)18(22)21-14-7-5-12(23-2)9-16(14)24-3/h4-9,20H,1-3H3,(H,21,22). The summed E-state index contributed by atoms with van der Waals surface area (Å²) in [6, 6.07) is 9.51. The number of amides is 1. The van der Waals surface area contributed by atoms with Crippen molar-refractivity contribution in [1.29, 1.82) is 0 Å². The fourth-order valence-electron chi connectivity index (χ4n) is 2.62. The maximum absolute atomic E-state index is 13.3. The largest absolute Gasteiger partial charge is 0.497 e. The van der Waals surface area contributed by atoms with Crippen LogP contribution in [0.5, 0.6) is 11.5 Å². The van der Waals surface area contributed by atoms with E-state index >= 15 is 0 Å². The average Bonchev–Trinajstić information content (AvgIpc) is 2.91. The number of aromatic amines is 1. The summed E-state index contributed by atoms with van der Waals surface area (Å²) in [5, 5.41) is 3.61. The van der Waals surface area contributed by atoms with Crippen LogP contribution in [0.15, 0.2) is 36.4 Å². The lowest BCUT2D eigenvalue weighted by Crippen LogP contribution is -2.14. The predicted molar refractivity (Wildman–Crippen MR) is 90.5 cm³/mol. The van der Waals surface area contributed by atoms with Crippen LogP contribution in [0, 0.1) is 12.7 Å². The van der Waals surface area contributed by atoms with E-state index < -0.39 is 0 Å². The molecule has 1 amide bonds. The monoisotopic (exact) mass is 328 g/mol. The molecule has 6 heteroatoms. The van der Waals surface area contributed by atoms with Crippen molar-refractivity contribution in [2.75, 3.05) is 19.5 Å². The van der Waals surface area contributed by atoms with Gasteiger partial charge in [0.2, 0.25) is 0 Å². The number of ether oxygens (including phenoxy) is 2. The van der Waals surface area contributed by atoms with E-state index in [4.69, 9.17) is 9.47 Å². The minimum atomic E-state index is -0.354. The van der Waals surface area contributed by atoms with Crippen LogP contribution in [0.4, 0.5) is 10.1 Å². The first-order valence-electron chi connectivity index (χ1n) is 7.34. The second kappa shape index (κ2) is 6.23. The lowest BCUT2D eigenvalue weighted by molar-refractivity contribution is 0.102. The Balaban J connectivity index is 1.94. The molecule has 0 saturated carbocycles. The van der Waals surface area contributed by atoms with E-state index in [1.807, 2.05) is 6.92 Å². The number of rotatable bonds is 4. The first kappa shape index (κ1) is 15.9. The van der Waals surface area contributed by atoms with Gasteiger partial charge in [0, 0.05) is 17.0 Å². The van der Waals surface area contributed by atoms with Crippen molar-refractivity contribution in [3.05, 3.63) is 53.5 Å². The number of hydrogen-bond donors (Lipinski definition) is 2. The van der Waals surface area contributed by atoms with Gasteiger partial charge in [0.15, 0.2) is 0 Å². The third-order valence-electron chi connectivity index (χ3n) is 3.90. The Bertz CT molecular complexity index is 918. The van der Waals surface area contributed by atoms with Crippen molar-refractivity contribution >= 4 is 22.5 Å². The Kier molecular flexibility index (Phi) is 4.12. The summed E-state index contributed by atoms with van der Waals surface area (Å²) in [5.74, 6) is 0.435. The molecule has 5 nitrogen and oxygen atoms in total. The number of hydrogen-bond acceptors (Lipinski definition) is 3. The Hall–Kier alpha value is -3.02. The number of fused-ring (bicyclic) bond motifs is 1. The zero-order valence-corrected chi connectivity index (χ0v) is 13.6. The summed E-state index contributed by atoms with van der Waals surface area (Å²) in [5.41, 5.74) is 2.25. The maximum atomic E-state index is 13.3. The van der Waals surface area contributed by atoms with Gasteiger partial charge < -0.3 is 19.8 Å². The molecule has 0 atom stereocenters. The van der Waals surface area contributed by atoms with Gasteiger partial charge in [0.05, 0.1) is 19.9 Å². The molecule has 124 valence electrons. The van der Waals surface area contributed by atoms with Gasteiger partial charge in [0.1, 0.15) is 23.0 Å². The number of halogens is 1. The molecule has 1 aromatic heterocycles. The van der Waals surface area contributed by atoms with Crippen LogP contribution in [0.1, 0.15) is 16.1 Å². The van der Waals surface area contributed by atoms with Crippen LogP contribution >= 0.6 is 0 Å². The smallest absolute Gasteiger partial charge is 0.272 e. The molecule has 3 aromatic rings. The van der Waals surface area contributed by atoms with Crippen LogP contribution in [-0.2, 0) is 0 Å². The molecule has 0 aliphatic rings. The van der Waals surface area contributed by atoms with Gasteiger partial charge in [0.25, 0.3) is 5.91 Å². The van der Waals surface area contributed by atoms with Crippen molar-refractivity contribution in [1.82, 2.24) is 4.98 Å². The van der Waals surface area contributed by atoms with Crippen molar-refractivity contribution < 1.29 is 18.7 Å². The van der Waals surface area contributed by atoms with E-state index in [9.17, 15) is 9.18 Å². The summed E-state index contributed by atoms with van der Waals surface area (Å²) < 4.78 is 23.8. The average molecular weight is 328 g/mol. The normalized spacial score (nSPS) is 10.7. The van der Waals surface area contributed by atoms with Crippen LogP contribution in [0.25, 0.3) is 10.9 Å². The third-order valence-corrected chi connectivity index (χ3v) is 3.90. The minimum absolute atomic E-state index is 0.326. The molecule has 0 fully saturated rings. The van der Waals surface area contributed by atoms with E-state index in [1.54, 1.807) is 31.4 Å². The van der Waals surface area contributed by atoms with Gasteiger partial charge in [-0.25, -0.2) is 4.39 Å². The van der Waals surface area contributed by atoms with Crippen molar-refractivity contribution in [3.8, 4) is 11.5 Å². The van der Waals surface area contributed by atoms with Gasteiger partial charge in [-0.05, 0) is 42.8 Å². The molecule has 0 saturated heterocycles. The van der Waals surface area contributed by atoms with Crippen LogP contribution < -0.4 is 14.8 Å². The van der Waals surface area contributed by atoms with Gasteiger partial charge >= 0.3 is 0 Å². The Labute approximate surface area is 138 Å². The lowest BCUT2D eigenvalue weighted by atomic mass is 10.1. The summed E-state index contributed by atoms with van der Waals surface area (Å²) >= 11 is 0. The highest BCUT2D eigenvalue weighted by Gasteiger charge is 2.17. The Morgan fingerprint density at radius 2 is 1.92 bits per heavy atom. The van der Waals surface area contributed by atoms with Gasteiger partial charge in [-0.3, -0.25) is 4.79 Å². The number of nitrogens with one attached hydrogen (secondary N) is 2. The van der Waals surface area contributed by atoms with Gasteiger partial charge in [-0.15, -0.1) is 0 Å².